The van der Waals surface area contributed by atoms with Crippen molar-refractivity contribution in [1.82, 2.24) is 0 Å². The monoisotopic (exact) mass is 502 g/mol. The zero-order valence-corrected chi connectivity index (χ0v) is 20.6. The number of fused-ring (bicyclic) bond motifs is 1. The van der Waals surface area contributed by atoms with Gasteiger partial charge in [0.1, 0.15) is 24.4 Å². The van der Waals surface area contributed by atoms with Gasteiger partial charge < -0.3 is 33.6 Å². The largest absolute Gasteiger partial charge is 0.472 e. The number of rotatable bonds is 1. The lowest BCUT2D eigenvalue weighted by Crippen LogP contribution is -2.78. The number of hydrogen-bond acceptors (Lipinski definition) is 10. The fraction of sp³-hybridized carbons (Fsp3) is 0.731. The molecule has 4 saturated heterocycles. The number of epoxide rings is 1. The molecule has 7 rings (SSSR count). The molecule has 2 N–H and O–H groups in total. The third kappa shape index (κ3) is 2.13. The smallest absolute Gasteiger partial charge is 0.339 e. The van der Waals surface area contributed by atoms with Gasteiger partial charge in [-0.15, -0.1) is 0 Å². The molecule has 36 heavy (non-hydrogen) atoms. The Bertz CT molecular complexity index is 1190. The van der Waals surface area contributed by atoms with Crippen molar-refractivity contribution in [2.45, 2.75) is 82.3 Å². The van der Waals surface area contributed by atoms with E-state index in [1.165, 1.54) is 12.5 Å². The van der Waals surface area contributed by atoms with Crippen molar-refractivity contribution in [2.24, 2.45) is 28.1 Å². The Labute approximate surface area is 207 Å². The van der Waals surface area contributed by atoms with Crippen LogP contribution in [0.5, 0.6) is 0 Å². The molecule has 0 amide bonds. The van der Waals surface area contributed by atoms with Gasteiger partial charge in [0, 0.05) is 16.4 Å². The predicted octanol–water partition coefficient (Wildman–Crippen LogP) is 1.08. The van der Waals surface area contributed by atoms with E-state index in [1.807, 2.05) is 0 Å². The lowest BCUT2D eigenvalue weighted by molar-refractivity contribution is -0.276. The summed E-state index contributed by atoms with van der Waals surface area (Å²) in [6.07, 6.45) is -2.07. The summed E-state index contributed by atoms with van der Waals surface area (Å²) in [5.41, 5.74) is -5.28. The highest BCUT2D eigenvalue weighted by Crippen LogP contribution is 2.80. The molecule has 10 heteroatoms. The molecule has 2 saturated carbocycles. The number of ketones is 1. The summed E-state index contributed by atoms with van der Waals surface area (Å²) in [4.78, 5) is 39.6. The molecule has 0 aromatic carbocycles. The normalized spacial score (nSPS) is 54.3. The van der Waals surface area contributed by atoms with Gasteiger partial charge in [0.25, 0.3) is 0 Å². The SMILES string of the molecule is CC1(C)O[C@H]2CC(=O)OC[C@@]23[C@@H]1C(=O)[C@H](O)[C@]1(C)[C@@H]3C[C@H](O)[C@@]2(C)[C@H](c3ccoc3)OC(=O)[C@H]3O[C@@]312. The number of aliphatic hydroxyl groups excluding tert-OH is 2. The van der Waals surface area contributed by atoms with E-state index in [4.69, 9.17) is 23.4 Å². The van der Waals surface area contributed by atoms with Gasteiger partial charge in [-0.3, -0.25) is 9.59 Å². The van der Waals surface area contributed by atoms with Crippen LogP contribution in [-0.4, -0.2) is 70.2 Å². The number of carbonyl (C=O) groups is 3. The molecule has 2 spiro atoms. The van der Waals surface area contributed by atoms with E-state index in [2.05, 4.69) is 0 Å². The first-order chi connectivity index (χ1) is 16.9. The minimum Gasteiger partial charge on any atom is -0.472 e. The number of cyclic esters (lactones) is 2. The summed E-state index contributed by atoms with van der Waals surface area (Å²) in [6.45, 7) is 7.08. The first-order valence-electron chi connectivity index (χ1n) is 12.5. The number of aliphatic hydroxyl groups is 2. The first-order valence-corrected chi connectivity index (χ1v) is 12.5. The van der Waals surface area contributed by atoms with Crippen LogP contribution in [0.1, 0.15) is 52.2 Å². The fourth-order valence-corrected chi connectivity index (χ4v) is 9.45. The van der Waals surface area contributed by atoms with Crippen molar-refractivity contribution in [3.05, 3.63) is 24.2 Å². The van der Waals surface area contributed by atoms with Gasteiger partial charge in [-0.25, -0.2) is 4.79 Å². The second kappa shape index (κ2) is 6.40. The molecular weight excluding hydrogens is 472 g/mol. The number of Topliss-reactive ketones (excluding diaryl/α,β-unsaturated/α-hetero) is 1. The number of ether oxygens (including phenoxy) is 4. The van der Waals surface area contributed by atoms with Gasteiger partial charge in [0.2, 0.25) is 0 Å². The van der Waals surface area contributed by atoms with Gasteiger partial charge >= 0.3 is 11.9 Å². The maximum absolute atomic E-state index is 14.1. The first kappa shape index (κ1) is 22.9. The average Bonchev–Trinajstić information content (AvgIpc) is 3.28. The van der Waals surface area contributed by atoms with E-state index in [0.717, 1.165) is 0 Å². The van der Waals surface area contributed by atoms with Gasteiger partial charge in [-0.05, 0) is 32.3 Å². The van der Waals surface area contributed by atoms with Crippen LogP contribution in [0.15, 0.2) is 23.0 Å². The van der Waals surface area contributed by atoms with E-state index in [9.17, 15) is 24.6 Å². The lowest BCUT2D eigenvalue weighted by atomic mass is 9.36. The van der Waals surface area contributed by atoms with Crippen molar-refractivity contribution in [1.29, 1.82) is 0 Å². The second-order valence-corrected chi connectivity index (χ2v) is 12.4. The molecular formula is C26H30O10. The van der Waals surface area contributed by atoms with Crippen molar-refractivity contribution in [2.75, 3.05) is 6.61 Å². The molecule has 1 aromatic rings. The third-order valence-electron chi connectivity index (χ3n) is 10.8. The molecule has 11 atom stereocenters. The summed E-state index contributed by atoms with van der Waals surface area (Å²) in [5, 5.41) is 23.7. The molecule has 2 aliphatic carbocycles. The zero-order chi connectivity index (χ0) is 25.6. The van der Waals surface area contributed by atoms with Crippen LogP contribution >= 0.6 is 0 Å². The quantitative estimate of drug-likeness (QED) is 0.423. The molecule has 4 aliphatic heterocycles. The molecule has 0 bridgehead atoms. The minimum absolute atomic E-state index is 0.0276. The van der Waals surface area contributed by atoms with Gasteiger partial charge in [-0.2, -0.15) is 0 Å². The summed E-state index contributed by atoms with van der Waals surface area (Å²) in [6, 6.07) is 1.67. The van der Waals surface area contributed by atoms with Gasteiger partial charge in [-0.1, -0.05) is 13.8 Å². The number of carbonyl (C=O) groups excluding carboxylic acids is 3. The summed E-state index contributed by atoms with van der Waals surface area (Å²) < 4.78 is 29.3. The average molecular weight is 503 g/mol. The van der Waals surface area contributed by atoms with E-state index in [-0.39, 0.29) is 19.4 Å². The fourth-order valence-electron chi connectivity index (χ4n) is 9.45. The van der Waals surface area contributed by atoms with E-state index in [0.29, 0.717) is 5.56 Å². The Morgan fingerprint density at radius 2 is 1.75 bits per heavy atom. The van der Waals surface area contributed by atoms with Crippen LogP contribution in [0.2, 0.25) is 0 Å². The molecule has 6 fully saturated rings. The standard InChI is InChI=1S/C26H30O10/c1-22(2)17-16(29)18(30)23(3)12(25(17)10-33-15(28)8-14(25)35-22)7-13(27)24(4)19(11-5-6-32-9-11)34-21(31)20-26(23,24)36-20/h5-6,9,12-14,17-20,27,30H,7-8,10H2,1-4H3/t12-,13-,14-,17+,18-,19-,20+,23-,24-,25-,26-/m0/s1. The van der Waals surface area contributed by atoms with Gasteiger partial charge in [0.15, 0.2) is 11.9 Å². The Morgan fingerprint density at radius 1 is 1.00 bits per heavy atom. The van der Waals surface area contributed by atoms with Crippen LogP contribution in [0.4, 0.5) is 0 Å². The predicted molar refractivity (Wildman–Crippen MR) is 117 cm³/mol. The van der Waals surface area contributed by atoms with E-state index in [1.54, 1.807) is 33.8 Å². The Hall–Kier alpha value is -2.27. The summed E-state index contributed by atoms with van der Waals surface area (Å²) >= 11 is 0. The third-order valence-corrected chi connectivity index (χ3v) is 10.8. The second-order valence-electron chi connectivity index (χ2n) is 12.4. The zero-order valence-electron chi connectivity index (χ0n) is 20.6. The lowest BCUT2D eigenvalue weighted by Gasteiger charge is -2.67. The molecule has 5 heterocycles. The van der Waals surface area contributed by atoms with Crippen LogP contribution in [0.3, 0.4) is 0 Å². The van der Waals surface area contributed by atoms with E-state index >= 15 is 0 Å². The highest BCUT2D eigenvalue weighted by atomic mass is 16.7. The van der Waals surface area contributed by atoms with Crippen molar-refractivity contribution in [3.63, 3.8) is 0 Å². The van der Waals surface area contributed by atoms with Crippen molar-refractivity contribution >= 4 is 17.7 Å². The number of hydrogen-bond donors (Lipinski definition) is 2. The van der Waals surface area contributed by atoms with Crippen LogP contribution in [0.25, 0.3) is 0 Å². The Kier molecular flexibility index (Phi) is 4.07. The minimum atomic E-state index is -1.50. The maximum Gasteiger partial charge on any atom is 0.339 e. The van der Waals surface area contributed by atoms with Crippen molar-refractivity contribution < 1.29 is 48.0 Å². The molecule has 0 radical (unpaired) electrons. The number of esters is 2. The molecule has 6 aliphatic rings. The summed E-state index contributed by atoms with van der Waals surface area (Å²) in [7, 11) is 0. The molecule has 194 valence electrons. The number of furan rings is 1. The Balaban J connectivity index is 1.46. The molecule has 10 nitrogen and oxygen atoms in total. The van der Waals surface area contributed by atoms with Gasteiger partial charge in [0.05, 0.1) is 48.1 Å². The maximum atomic E-state index is 14.1. The van der Waals surface area contributed by atoms with Crippen molar-refractivity contribution in [3.8, 4) is 0 Å². The highest BCUT2D eigenvalue weighted by Gasteiger charge is 2.92. The molecule has 0 unspecified atom stereocenters. The van der Waals surface area contributed by atoms with Crippen LogP contribution < -0.4 is 0 Å². The van der Waals surface area contributed by atoms with E-state index < -0.39 is 87.5 Å². The summed E-state index contributed by atoms with van der Waals surface area (Å²) in [5.74, 6) is -2.75. The highest BCUT2D eigenvalue weighted by molar-refractivity contribution is 5.92. The Morgan fingerprint density at radius 3 is 2.44 bits per heavy atom. The van der Waals surface area contributed by atoms with Crippen LogP contribution in [-0.2, 0) is 33.3 Å². The molecule has 1 aromatic heterocycles. The topological polar surface area (TPSA) is 145 Å². The van der Waals surface area contributed by atoms with Crippen LogP contribution in [0, 0.1) is 28.1 Å².